The van der Waals surface area contributed by atoms with Crippen LogP contribution in [0.2, 0.25) is 5.02 Å². The summed E-state index contributed by atoms with van der Waals surface area (Å²) < 4.78 is 16.2. The van der Waals surface area contributed by atoms with E-state index in [1.54, 1.807) is 19.1 Å². The third-order valence-electron chi connectivity index (χ3n) is 4.70. The predicted octanol–water partition coefficient (Wildman–Crippen LogP) is 4.78. The molecule has 2 heterocycles. The van der Waals surface area contributed by atoms with E-state index in [1.165, 1.54) is 10.7 Å². The van der Waals surface area contributed by atoms with E-state index in [9.17, 15) is 9.18 Å². The maximum Gasteiger partial charge on any atom is 0.250 e. The first kappa shape index (κ1) is 19.1. The summed E-state index contributed by atoms with van der Waals surface area (Å²) in [5.74, 6) is -0.112. The zero-order valence-electron chi connectivity index (χ0n) is 15.9. The van der Waals surface area contributed by atoms with Gasteiger partial charge in [-0.25, -0.2) is 9.07 Å². The third kappa shape index (κ3) is 3.73. The molecule has 1 aliphatic heterocycles. The van der Waals surface area contributed by atoms with E-state index in [0.717, 1.165) is 16.8 Å². The molecular formula is C21H19ClFN5O. The molecule has 6 nitrogen and oxygen atoms in total. The lowest BCUT2D eigenvalue weighted by atomic mass is 10.0. The van der Waals surface area contributed by atoms with Crippen LogP contribution in [0.25, 0.3) is 5.70 Å². The number of hydrogen-bond acceptors (Lipinski definition) is 4. The number of anilines is 2. The number of carbonyl (C=O) groups is 1. The molecule has 0 spiro atoms. The Bertz CT molecular complexity index is 1090. The maximum atomic E-state index is 14.7. The van der Waals surface area contributed by atoms with Crippen LogP contribution in [0.1, 0.15) is 36.1 Å². The van der Waals surface area contributed by atoms with Crippen LogP contribution in [0.3, 0.4) is 0 Å². The molecule has 2 N–H and O–H groups in total. The number of amides is 1. The van der Waals surface area contributed by atoms with Crippen molar-refractivity contribution in [3.63, 3.8) is 0 Å². The first-order chi connectivity index (χ1) is 14.0. The van der Waals surface area contributed by atoms with Gasteiger partial charge in [-0.1, -0.05) is 54.4 Å². The molecule has 0 radical (unpaired) electrons. The third-order valence-corrected chi connectivity index (χ3v) is 5.03. The molecule has 1 aromatic heterocycles. The summed E-state index contributed by atoms with van der Waals surface area (Å²) in [4.78, 5) is 16.1. The number of nitrogens with one attached hydrogen (secondary N) is 2. The number of hydrogen-bond donors (Lipinski definition) is 2. The van der Waals surface area contributed by atoms with Crippen LogP contribution in [0.4, 0.5) is 16.3 Å². The summed E-state index contributed by atoms with van der Waals surface area (Å²) in [6.45, 7) is 3.75. The predicted molar refractivity (Wildman–Crippen MR) is 111 cm³/mol. The molecule has 1 amide bonds. The molecule has 0 saturated carbocycles. The number of allylic oxidation sites excluding steroid dienone is 1. The minimum Gasteiger partial charge on any atom is -0.324 e. The van der Waals surface area contributed by atoms with E-state index >= 15 is 0 Å². The van der Waals surface area contributed by atoms with Crippen molar-refractivity contribution in [2.45, 2.75) is 26.3 Å². The quantitative estimate of drug-likeness (QED) is 0.647. The van der Waals surface area contributed by atoms with Crippen LogP contribution in [-0.2, 0) is 4.79 Å². The van der Waals surface area contributed by atoms with Gasteiger partial charge in [-0.15, -0.1) is 5.10 Å². The van der Waals surface area contributed by atoms with Gasteiger partial charge in [-0.05, 0) is 30.7 Å². The lowest BCUT2D eigenvalue weighted by molar-refractivity contribution is -0.115. The monoisotopic (exact) mass is 411 g/mol. The summed E-state index contributed by atoms with van der Waals surface area (Å²) in [6.07, 6.45) is 2.15. The van der Waals surface area contributed by atoms with Crippen LogP contribution in [-0.4, -0.2) is 20.7 Å². The molecule has 29 heavy (non-hydrogen) atoms. The Hall–Kier alpha value is -3.19. The van der Waals surface area contributed by atoms with Gasteiger partial charge in [0.2, 0.25) is 11.9 Å². The van der Waals surface area contributed by atoms with Crippen molar-refractivity contribution in [3.05, 3.63) is 76.1 Å². The van der Waals surface area contributed by atoms with Crippen LogP contribution >= 0.6 is 11.6 Å². The van der Waals surface area contributed by atoms with Gasteiger partial charge >= 0.3 is 0 Å². The Morgan fingerprint density at radius 2 is 2.03 bits per heavy atom. The Morgan fingerprint density at radius 3 is 2.72 bits per heavy atom. The van der Waals surface area contributed by atoms with Gasteiger partial charge in [0.05, 0.1) is 0 Å². The number of aromatic nitrogens is 3. The van der Waals surface area contributed by atoms with Gasteiger partial charge in [0, 0.05) is 22.7 Å². The summed E-state index contributed by atoms with van der Waals surface area (Å²) in [5.41, 5.74) is 3.09. The smallest absolute Gasteiger partial charge is 0.250 e. The van der Waals surface area contributed by atoms with E-state index in [-0.39, 0.29) is 16.9 Å². The highest BCUT2D eigenvalue weighted by Gasteiger charge is 2.29. The van der Waals surface area contributed by atoms with Crippen molar-refractivity contribution in [2.24, 2.45) is 0 Å². The lowest BCUT2D eigenvalue weighted by Gasteiger charge is -2.25. The first-order valence-electron chi connectivity index (χ1n) is 9.22. The highest BCUT2D eigenvalue weighted by molar-refractivity contribution is 6.31. The Morgan fingerprint density at radius 1 is 1.28 bits per heavy atom. The maximum absolute atomic E-state index is 14.7. The zero-order chi connectivity index (χ0) is 20.5. The fraction of sp³-hybridized carbons (Fsp3) is 0.190. The average molecular weight is 412 g/mol. The van der Waals surface area contributed by atoms with Crippen LogP contribution in [0.5, 0.6) is 0 Å². The minimum absolute atomic E-state index is 0.148. The van der Waals surface area contributed by atoms with Gasteiger partial charge in [0.15, 0.2) is 0 Å². The Kier molecular flexibility index (Phi) is 5.07. The van der Waals surface area contributed by atoms with E-state index in [0.29, 0.717) is 17.9 Å². The van der Waals surface area contributed by atoms with Crippen LogP contribution < -0.4 is 10.6 Å². The molecule has 4 rings (SSSR count). The summed E-state index contributed by atoms with van der Waals surface area (Å²) in [5, 5.41) is 10.5. The highest BCUT2D eigenvalue weighted by atomic mass is 35.5. The molecule has 2 aromatic carbocycles. The van der Waals surface area contributed by atoms with Crippen molar-refractivity contribution in [3.8, 4) is 0 Å². The second-order valence-electron chi connectivity index (χ2n) is 6.76. The number of aryl methyl sites for hydroxylation is 1. The molecular weight excluding hydrogens is 393 g/mol. The van der Waals surface area contributed by atoms with Crippen molar-refractivity contribution in [1.82, 2.24) is 14.8 Å². The number of fused-ring (bicyclic) bond motifs is 1. The van der Waals surface area contributed by atoms with Gasteiger partial charge in [0.1, 0.15) is 11.9 Å². The van der Waals surface area contributed by atoms with Crippen molar-refractivity contribution in [2.75, 3.05) is 10.6 Å². The van der Waals surface area contributed by atoms with Gasteiger partial charge in [0.25, 0.3) is 5.95 Å². The molecule has 1 atom stereocenters. The summed E-state index contributed by atoms with van der Waals surface area (Å²) >= 11 is 6.34. The molecule has 0 bridgehead atoms. The lowest BCUT2D eigenvalue weighted by Crippen LogP contribution is -2.21. The fourth-order valence-electron chi connectivity index (χ4n) is 3.16. The molecule has 0 fully saturated rings. The van der Waals surface area contributed by atoms with Crippen molar-refractivity contribution in [1.29, 1.82) is 0 Å². The molecule has 1 aliphatic rings. The molecule has 8 heteroatoms. The van der Waals surface area contributed by atoms with Crippen LogP contribution in [0, 0.1) is 12.7 Å². The standard InChI is InChI=1S/C21H19ClFN5O/c1-3-18(29)25-20-26-21-24-16(13-9-7-12(2)8-10-13)11-17(28(21)27-20)19-14(22)5-4-6-15(19)23/h4-11,17H,3H2,1-2H3,(H2,24,25,26,27,29). The first-order valence-corrected chi connectivity index (χ1v) is 9.60. The summed E-state index contributed by atoms with van der Waals surface area (Å²) in [6, 6.07) is 11.9. The average Bonchev–Trinajstić information content (AvgIpc) is 3.10. The van der Waals surface area contributed by atoms with Gasteiger partial charge < -0.3 is 5.32 Å². The Labute approximate surface area is 172 Å². The molecule has 0 saturated heterocycles. The SMILES string of the molecule is CCC(=O)Nc1nc2n(n1)C(c1c(F)cccc1Cl)C=C(c1ccc(C)cc1)N2. The topological polar surface area (TPSA) is 71.8 Å². The number of halogens is 2. The fourth-order valence-corrected chi connectivity index (χ4v) is 3.43. The number of carbonyl (C=O) groups excluding carboxylic acids is 1. The summed E-state index contributed by atoms with van der Waals surface area (Å²) in [7, 11) is 0. The van der Waals surface area contributed by atoms with Crippen molar-refractivity contribution < 1.29 is 9.18 Å². The minimum atomic E-state index is -0.629. The molecule has 0 aliphatic carbocycles. The zero-order valence-corrected chi connectivity index (χ0v) is 16.7. The number of rotatable bonds is 4. The highest BCUT2D eigenvalue weighted by Crippen LogP contribution is 2.37. The van der Waals surface area contributed by atoms with Crippen molar-refractivity contribution >= 4 is 35.1 Å². The molecule has 3 aromatic rings. The largest absolute Gasteiger partial charge is 0.324 e. The number of benzene rings is 2. The molecule has 148 valence electrons. The van der Waals surface area contributed by atoms with Gasteiger partial charge in [-0.2, -0.15) is 4.98 Å². The normalized spacial score (nSPS) is 15.3. The van der Waals surface area contributed by atoms with E-state index in [4.69, 9.17) is 11.6 Å². The van der Waals surface area contributed by atoms with E-state index < -0.39 is 11.9 Å². The Balaban J connectivity index is 1.83. The molecule has 1 unspecified atom stereocenters. The second-order valence-corrected chi connectivity index (χ2v) is 7.16. The van der Waals surface area contributed by atoms with Gasteiger partial charge in [-0.3, -0.25) is 10.1 Å². The van der Waals surface area contributed by atoms with Crippen LogP contribution in [0.15, 0.2) is 48.5 Å². The number of nitrogens with zero attached hydrogens (tertiary/aromatic N) is 3. The second kappa shape index (κ2) is 7.67. The van der Waals surface area contributed by atoms with E-state index in [1.807, 2.05) is 37.3 Å². The van der Waals surface area contributed by atoms with E-state index in [2.05, 4.69) is 20.7 Å².